The van der Waals surface area contributed by atoms with Crippen LogP contribution in [-0.4, -0.2) is 23.0 Å². The summed E-state index contributed by atoms with van der Waals surface area (Å²) >= 11 is 0. The molecular weight excluding hydrogens is 390 g/mol. The first-order chi connectivity index (χ1) is 14.3. The quantitative estimate of drug-likeness (QED) is 0.218. The van der Waals surface area contributed by atoms with Crippen LogP contribution in [0.2, 0.25) is 0 Å². The third-order valence-electron chi connectivity index (χ3n) is 4.20. The van der Waals surface area contributed by atoms with E-state index in [2.05, 4.69) is 10.5 Å². The minimum atomic E-state index is -0.628. The Morgan fingerprint density at radius 2 is 1.87 bits per heavy atom. The fourth-order valence-electron chi connectivity index (χ4n) is 2.62. The monoisotopic (exact) mass is 407 g/mol. The van der Waals surface area contributed by atoms with Gasteiger partial charge in [0.2, 0.25) is 0 Å². The highest BCUT2D eigenvalue weighted by atomic mass is 16.6. The summed E-state index contributed by atoms with van der Waals surface area (Å²) < 4.78 is 10.3. The number of hydrazone groups is 1. The summed E-state index contributed by atoms with van der Waals surface area (Å²) in [5.74, 6) is -0.220. The lowest BCUT2D eigenvalue weighted by Gasteiger charge is -2.06. The second-order valence-electron chi connectivity index (χ2n) is 6.31. The first kappa shape index (κ1) is 20.5. The molecule has 1 aromatic heterocycles. The molecule has 1 N–H and O–H groups in total. The maximum atomic E-state index is 12.2. The summed E-state index contributed by atoms with van der Waals surface area (Å²) in [6.45, 7) is 3.23. The van der Waals surface area contributed by atoms with Crippen molar-refractivity contribution in [2.75, 3.05) is 0 Å². The van der Waals surface area contributed by atoms with Crippen molar-refractivity contribution in [3.8, 4) is 5.75 Å². The number of hydrogen-bond donors (Lipinski definition) is 1. The lowest BCUT2D eigenvalue weighted by molar-refractivity contribution is -0.385. The number of aryl methyl sites for hydroxylation is 2. The summed E-state index contributed by atoms with van der Waals surface area (Å²) in [5, 5.41) is 14.7. The average Bonchev–Trinajstić information content (AvgIpc) is 3.15. The molecule has 0 atom stereocenters. The Kier molecular flexibility index (Phi) is 6.02. The molecule has 1 heterocycles. The predicted molar refractivity (Wildman–Crippen MR) is 108 cm³/mol. The maximum Gasteiger partial charge on any atom is 0.343 e. The maximum absolute atomic E-state index is 12.2. The standard InChI is InChI=1S/C21H17N3O6/c1-13-11-16(5-8-19(13)24(27)28)21(26)30-17-6-3-15(4-7-17)12-22-23-20(25)18-9-10-29-14(18)2/h3-12H,1-2H3,(H,23,25). The predicted octanol–water partition coefficient (Wildman–Crippen LogP) is 3.79. The van der Waals surface area contributed by atoms with Crippen LogP contribution < -0.4 is 10.2 Å². The van der Waals surface area contributed by atoms with E-state index in [0.717, 1.165) is 0 Å². The highest BCUT2D eigenvalue weighted by Crippen LogP contribution is 2.20. The number of rotatable bonds is 6. The van der Waals surface area contributed by atoms with Gasteiger partial charge in [-0.2, -0.15) is 5.10 Å². The van der Waals surface area contributed by atoms with E-state index in [0.29, 0.717) is 28.2 Å². The second-order valence-corrected chi connectivity index (χ2v) is 6.31. The van der Waals surface area contributed by atoms with Crippen molar-refractivity contribution in [3.63, 3.8) is 0 Å². The first-order valence-corrected chi connectivity index (χ1v) is 8.80. The molecule has 0 radical (unpaired) electrons. The molecule has 152 valence electrons. The molecule has 0 bridgehead atoms. The van der Waals surface area contributed by atoms with Gasteiger partial charge in [-0.25, -0.2) is 10.2 Å². The molecule has 3 aromatic rings. The van der Waals surface area contributed by atoms with Crippen molar-refractivity contribution in [1.29, 1.82) is 0 Å². The molecule has 0 aliphatic heterocycles. The Labute approximate surface area is 171 Å². The molecule has 3 rings (SSSR count). The van der Waals surface area contributed by atoms with Gasteiger partial charge in [0.15, 0.2) is 0 Å². The van der Waals surface area contributed by atoms with Crippen LogP contribution in [0.3, 0.4) is 0 Å². The molecule has 0 spiro atoms. The van der Waals surface area contributed by atoms with Crippen molar-refractivity contribution < 1.29 is 23.7 Å². The minimum absolute atomic E-state index is 0.0646. The van der Waals surface area contributed by atoms with E-state index in [-0.39, 0.29) is 17.2 Å². The van der Waals surface area contributed by atoms with Gasteiger partial charge in [0.25, 0.3) is 11.6 Å². The lowest BCUT2D eigenvalue weighted by atomic mass is 10.1. The van der Waals surface area contributed by atoms with Gasteiger partial charge in [-0.1, -0.05) is 0 Å². The van der Waals surface area contributed by atoms with E-state index >= 15 is 0 Å². The van der Waals surface area contributed by atoms with Crippen LogP contribution in [0, 0.1) is 24.0 Å². The zero-order chi connectivity index (χ0) is 21.7. The number of esters is 1. The van der Waals surface area contributed by atoms with Crippen LogP contribution >= 0.6 is 0 Å². The molecule has 0 saturated carbocycles. The molecule has 2 aromatic carbocycles. The van der Waals surface area contributed by atoms with E-state index < -0.39 is 10.9 Å². The van der Waals surface area contributed by atoms with Crippen molar-refractivity contribution in [3.05, 3.63) is 92.9 Å². The average molecular weight is 407 g/mol. The van der Waals surface area contributed by atoms with Gasteiger partial charge in [0, 0.05) is 11.6 Å². The fourth-order valence-corrected chi connectivity index (χ4v) is 2.62. The summed E-state index contributed by atoms with van der Waals surface area (Å²) in [5.41, 5.74) is 3.98. The molecule has 1 amide bonds. The smallest absolute Gasteiger partial charge is 0.343 e. The summed E-state index contributed by atoms with van der Waals surface area (Å²) in [6, 6.07) is 12.0. The number of furan rings is 1. The summed E-state index contributed by atoms with van der Waals surface area (Å²) in [7, 11) is 0. The van der Waals surface area contributed by atoms with Crippen molar-refractivity contribution in [2.24, 2.45) is 5.10 Å². The zero-order valence-corrected chi connectivity index (χ0v) is 16.1. The van der Waals surface area contributed by atoms with Gasteiger partial charge in [0.1, 0.15) is 11.5 Å². The van der Waals surface area contributed by atoms with Crippen molar-refractivity contribution >= 4 is 23.8 Å². The molecule has 0 aliphatic carbocycles. The number of hydrogen-bond acceptors (Lipinski definition) is 7. The van der Waals surface area contributed by atoms with E-state index in [4.69, 9.17) is 9.15 Å². The third-order valence-corrected chi connectivity index (χ3v) is 4.20. The van der Waals surface area contributed by atoms with E-state index in [1.807, 2.05) is 0 Å². The number of nitro groups is 1. The second kappa shape index (κ2) is 8.82. The number of benzene rings is 2. The summed E-state index contributed by atoms with van der Waals surface area (Å²) in [4.78, 5) is 34.5. The van der Waals surface area contributed by atoms with Crippen molar-refractivity contribution in [2.45, 2.75) is 13.8 Å². The number of nitrogens with one attached hydrogen (secondary N) is 1. The van der Waals surface area contributed by atoms with Crippen LogP contribution in [0.5, 0.6) is 5.75 Å². The SMILES string of the molecule is Cc1cc(C(=O)Oc2ccc(C=NNC(=O)c3ccoc3C)cc2)ccc1[N+](=O)[O-]. The Morgan fingerprint density at radius 3 is 2.47 bits per heavy atom. The van der Waals surface area contributed by atoms with Gasteiger partial charge in [-0.05, 0) is 61.9 Å². The number of nitrogens with zero attached hydrogens (tertiary/aromatic N) is 2. The lowest BCUT2D eigenvalue weighted by Crippen LogP contribution is -2.17. The van der Waals surface area contributed by atoms with Crippen LogP contribution in [0.15, 0.2) is 64.3 Å². The van der Waals surface area contributed by atoms with Crippen molar-refractivity contribution in [1.82, 2.24) is 5.43 Å². The zero-order valence-electron chi connectivity index (χ0n) is 16.1. The molecule has 9 heteroatoms. The van der Waals surface area contributed by atoms with Crippen LogP contribution in [0.4, 0.5) is 5.69 Å². The first-order valence-electron chi connectivity index (χ1n) is 8.80. The van der Waals surface area contributed by atoms with Gasteiger partial charge in [-0.3, -0.25) is 14.9 Å². The van der Waals surface area contributed by atoms with Gasteiger partial charge >= 0.3 is 5.97 Å². The molecule has 0 fully saturated rings. The third kappa shape index (κ3) is 4.76. The number of carbonyl (C=O) groups excluding carboxylic acids is 2. The number of ether oxygens (including phenoxy) is 1. The van der Waals surface area contributed by atoms with Crippen LogP contribution in [0.25, 0.3) is 0 Å². The van der Waals surface area contributed by atoms with Gasteiger partial charge in [0.05, 0.1) is 28.5 Å². The number of carbonyl (C=O) groups is 2. The van der Waals surface area contributed by atoms with E-state index in [1.165, 1.54) is 30.7 Å². The van der Waals surface area contributed by atoms with E-state index in [9.17, 15) is 19.7 Å². The number of nitro benzene ring substituents is 1. The normalized spacial score (nSPS) is 10.7. The Morgan fingerprint density at radius 1 is 1.13 bits per heavy atom. The molecule has 0 unspecified atom stereocenters. The Bertz CT molecular complexity index is 1130. The molecule has 9 nitrogen and oxygen atoms in total. The molecular formula is C21H17N3O6. The molecule has 0 aliphatic rings. The van der Waals surface area contributed by atoms with Gasteiger partial charge in [-0.15, -0.1) is 0 Å². The minimum Gasteiger partial charge on any atom is -0.469 e. The van der Waals surface area contributed by atoms with E-state index in [1.54, 1.807) is 44.2 Å². The highest BCUT2D eigenvalue weighted by Gasteiger charge is 2.15. The Hall–Kier alpha value is -4.27. The fraction of sp³-hybridized carbons (Fsp3) is 0.0952. The highest BCUT2D eigenvalue weighted by molar-refractivity contribution is 5.95. The Balaban J connectivity index is 1.59. The molecule has 0 saturated heterocycles. The molecule has 30 heavy (non-hydrogen) atoms. The van der Waals surface area contributed by atoms with Crippen LogP contribution in [-0.2, 0) is 0 Å². The van der Waals surface area contributed by atoms with Crippen LogP contribution in [0.1, 0.15) is 37.6 Å². The van der Waals surface area contributed by atoms with Gasteiger partial charge < -0.3 is 9.15 Å². The number of amides is 1. The summed E-state index contributed by atoms with van der Waals surface area (Å²) in [6.07, 6.45) is 2.87. The largest absolute Gasteiger partial charge is 0.469 e. The topological polar surface area (TPSA) is 124 Å².